The number of rotatable bonds is 5. The number of carbonyl (C=O) groups is 1. The highest BCUT2D eigenvalue weighted by Gasteiger charge is 2.55. The average molecular weight is 475 g/mol. The molecule has 3 N–H and O–H groups in total. The van der Waals surface area contributed by atoms with Crippen LogP contribution in [0.4, 0.5) is 5.95 Å². The zero-order chi connectivity index (χ0) is 22.8. The fourth-order valence-electron chi connectivity index (χ4n) is 7.69. The lowest BCUT2D eigenvalue weighted by Gasteiger charge is -2.58. The summed E-state index contributed by atoms with van der Waals surface area (Å²) in [5, 5.41) is 17.4. The molecule has 33 heavy (non-hydrogen) atoms. The Morgan fingerprint density at radius 2 is 1.82 bits per heavy atom. The van der Waals surface area contributed by atoms with Gasteiger partial charge in [0.25, 0.3) is 5.91 Å². The predicted molar refractivity (Wildman–Crippen MR) is 124 cm³/mol. The fourth-order valence-corrected chi connectivity index (χ4v) is 9.36. The van der Waals surface area contributed by atoms with Crippen LogP contribution in [0.3, 0.4) is 0 Å². The zero-order valence-electron chi connectivity index (χ0n) is 19.0. The van der Waals surface area contributed by atoms with E-state index in [2.05, 4.69) is 15.6 Å². The van der Waals surface area contributed by atoms with Crippen molar-refractivity contribution in [3.63, 3.8) is 0 Å². The van der Waals surface area contributed by atoms with Gasteiger partial charge in [-0.1, -0.05) is 12.8 Å². The number of aliphatic hydroxyl groups is 1. The monoisotopic (exact) mass is 474 g/mol. The number of nitrogens with one attached hydrogen (secondary N) is 2. The average Bonchev–Trinajstić information content (AvgIpc) is 3.39. The third-order valence-electron chi connectivity index (χ3n) is 8.91. The van der Waals surface area contributed by atoms with E-state index in [1.165, 1.54) is 0 Å². The minimum absolute atomic E-state index is 0.101. The first-order valence-corrected chi connectivity index (χ1v) is 14.5. The summed E-state index contributed by atoms with van der Waals surface area (Å²) in [6.45, 7) is 0. The summed E-state index contributed by atoms with van der Waals surface area (Å²) in [5.41, 5.74) is 0.835. The number of aromatic nitrogens is 2. The normalized spacial score (nSPS) is 39.1. The Kier molecular flexibility index (Phi) is 5.21. The summed E-state index contributed by atoms with van der Waals surface area (Å²) >= 11 is 0. The van der Waals surface area contributed by atoms with Crippen LogP contribution in [0.15, 0.2) is 6.20 Å². The zero-order valence-corrected chi connectivity index (χ0v) is 19.8. The maximum Gasteiger partial charge on any atom is 0.254 e. The van der Waals surface area contributed by atoms with Gasteiger partial charge in [0, 0.05) is 24.2 Å². The molecule has 6 aliphatic rings. The van der Waals surface area contributed by atoms with Crippen molar-refractivity contribution in [2.45, 2.75) is 87.8 Å². The van der Waals surface area contributed by atoms with E-state index in [9.17, 15) is 18.3 Å². The Balaban J connectivity index is 1.22. The highest BCUT2D eigenvalue weighted by atomic mass is 32.2. The van der Waals surface area contributed by atoms with Crippen molar-refractivity contribution in [3.8, 4) is 0 Å². The molecule has 9 heteroatoms. The molecule has 3 atom stereocenters. The highest BCUT2D eigenvalue weighted by Crippen LogP contribution is 2.55. The third kappa shape index (κ3) is 4.16. The predicted octanol–water partition coefficient (Wildman–Crippen LogP) is 2.40. The van der Waals surface area contributed by atoms with E-state index in [1.54, 1.807) is 6.20 Å². The lowest BCUT2D eigenvalue weighted by atomic mass is 9.52. The smallest absolute Gasteiger partial charge is 0.254 e. The Morgan fingerprint density at radius 1 is 1.09 bits per heavy atom. The van der Waals surface area contributed by atoms with Gasteiger partial charge in [-0.05, 0) is 69.1 Å². The van der Waals surface area contributed by atoms with Crippen LogP contribution in [-0.4, -0.2) is 58.6 Å². The van der Waals surface area contributed by atoms with E-state index in [0.29, 0.717) is 35.7 Å². The minimum atomic E-state index is -2.99. The van der Waals surface area contributed by atoms with E-state index in [1.807, 2.05) is 0 Å². The van der Waals surface area contributed by atoms with Gasteiger partial charge in [0.1, 0.15) is 0 Å². The molecule has 5 aliphatic carbocycles. The second-order valence-electron chi connectivity index (χ2n) is 11.4. The molecule has 6 fully saturated rings. The lowest BCUT2D eigenvalue weighted by Crippen LogP contribution is -2.61. The number of carbonyl (C=O) groups excluding carboxylic acids is 1. The largest absolute Gasteiger partial charge is 0.390 e. The Hall–Kier alpha value is -1.74. The van der Waals surface area contributed by atoms with Crippen LogP contribution < -0.4 is 10.6 Å². The van der Waals surface area contributed by atoms with E-state index < -0.39 is 15.4 Å². The maximum absolute atomic E-state index is 13.5. The van der Waals surface area contributed by atoms with E-state index >= 15 is 0 Å². The van der Waals surface area contributed by atoms with Crippen molar-refractivity contribution in [1.29, 1.82) is 0 Å². The van der Waals surface area contributed by atoms with Crippen LogP contribution in [0, 0.1) is 17.8 Å². The van der Waals surface area contributed by atoms with E-state index in [4.69, 9.17) is 4.98 Å². The summed E-state index contributed by atoms with van der Waals surface area (Å²) in [5.74, 6) is 2.17. The first-order valence-electron chi connectivity index (χ1n) is 12.6. The first kappa shape index (κ1) is 21.8. The standard InChI is InChI=1S/C24H34N4O4S/c29-22(27-20-16-7-14-8-17(20)11-24(30,9-14)10-16)19-12-25-23(26-18-5-6-33(31,32)13-18)28-21(19)15-3-1-2-4-15/h12,14-18,20,30H,1-11,13H2,(H,27,29)(H,25,26,28). The Bertz CT molecular complexity index is 1040. The molecule has 180 valence electrons. The first-order chi connectivity index (χ1) is 15.8. The highest BCUT2D eigenvalue weighted by molar-refractivity contribution is 7.91. The van der Waals surface area contributed by atoms with Gasteiger partial charge in [-0.3, -0.25) is 4.79 Å². The molecule has 0 radical (unpaired) electrons. The van der Waals surface area contributed by atoms with Crippen LogP contribution in [-0.2, 0) is 9.84 Å². The molecule has 2 heterocycles. The molecule has 5 saturated carbocycles. The van der Waals surface area contributed by atoms with Crippen molar-refractivity contribution < 1.29 is 18.3 Å². The van der Waals surface area contributed by atoms with Gasteiger partial charge in [0.05, 0.1) is 28.4 Å². The fraction of sp³-hybridized carbons (Fsp3) is 0.792. The van der Waals surface area contributed by atoms with Crippen molar-refractivity contribution in [2.75, 3.05) is 16.8 Å². The van der Waals surface area contributed by atoms with Gasteiger partial charge in [0.2, 0.25) is 5.95 Å². The number of hydrogen-bond acceptors (Lipinski definition) is 7. The molecule has 8 nitrogen and oxygen atoms in total. The molecule has 0 spiro atoms. The van der Waals surface area contributed by atoms with Gasteiger partial charge in [-0.15, -0.1) is 0 Å². The molecular weight excluding hydrogens is 440 g/mol. The van der Waals surface area contributed by atoms with E-state index in [0.717, 1.165) is 63.5 Å². The topological polar surface area (TPSA) is 121 Å². The van der Waals surface area contributed by atoms with Gasteiger partial charge in [-0.25, -0.2) is 18.4 Å². The summed E-state index contributed by atoms with van der Waals surface area (Å²) in [7, 11) is -2.99. The Morgan fingerprint density at radius 3 is 2.45 bits per heavy atom. The van der Waals surface area contributed by atoms with Gasteiger partial charge >= 0.3 is 0 Å². The van der Waals surface area contributed by atoms with Crippen molar-refractivity contribution in [2.24, 2.45) is 17.8 Å². The molecule has 1 amide bonds. The SMILES string of the molecule is O=C(NC1C2CC3CC1CC(O)(C3)C2)c1cnc(NC2CCS(=O)(=O)C2)nc1C1CCCC1. The molecular formula is C24H34N4O4S. The van der Waals surface area contributed by atoms with Crippen molar-refractivity contribution in [1.82, 2.24) is 15.3 Å². The van der Waals surface area contributed by atoms with Crippen LogP contribution in [0.5, 0.6) is 0 Å². The van der Waals surface area contributed by atoms with Gasteiger partial charge < -0.3 is 15.7 Å². The summed E-state index contributed by atoms with van der Waals surface area (Å²) in [4.78, 5) is 22.7. The summed E-state index contributed by atoms with van der Waals surface area (Å²) in [6, 6.07) is -0.0581. The van der Waals surface area contributed by atoms with Crippen LogP contribution in [0.25, 0.3) is 0 Å². The molecule has 1 saturated heterocycles. The number of sulfone groups is 1. The lowest BCUT2D eigenvalue weighted by molar-refractivity contribution is -0.136. The Labute approximate surface area is 195 Å². The van der Waals surface area contributed by atoms with Crippen LogP contribution in [0.2, 0.25) is 0 Å². The third-order valence-corrected chi connectivity index (χ3v) is 10.7. The number of nitrogens with zero attached hydrogens (tertiary/aromatic N) is 2. The van der Waals surface area contributed by atoms with Crippen molar-refractivity contribution in [3.05, 3.63) is 17.5 Å². The minimum Gasteiger partial charge on any atom is -0.390 e. The number of anilines is 1. The molecule has 1 aliphatic heterocycles. The molecule has 3 unspecified atom stereocenters. The summed E-state index contributed by atoms with van der Waals surface area (Å²) in [6.07, 6.45) is 11.2. The quantitative estimate of drug-likeness (QED) is 0.599. The van der Waals surface area contributed by atoms with Crippen molar-refractivity contribution >= 4 is 21.7 Å². The van der Waals surface area contributed by atoms with E-state index in [-0.39, 0.29) is 35.4 Å². The molecule has 7 rings (SSSR count). The van der Waals surface area contributed by atoms with Gasteiger partial charge in [-0.2, -0.15) is 0 Å². The number of amides is 1. The second-order valence-corrected chi connectivity index (χ2v) is 13.6. The van der Waals surface area contributed by atoms with Crippen LogP contribution in [0.1, 0.15) is 86.2 Å². The molecule has 4 bridgehead atoms. The van der Waals surface area contributed by atoms with Gasteiger partial charge in [0.15, 0.2) is 9.84 Å². The van der Waals surface area contributed by atoms with Crippen LogP contribution >= 0.6 is 0 Å². The maximum atomic E-state index is 13.5. The second kappa shape index (κ2) is 7.90. The summed E-state index contributed by atoms with van der Waals surface area (Å²) < 4.78 is 23.6. The molecule has 0 aromatic carbocycles. The molecule has 1 aromatic heterocycles. The number of hydrogen-bond donors (Lipinski definition) is 3. The molecule has 1 aromatic rings.